The average Bonchev–Trinajstić information content (AvgIpc) is 3.94. The number of fused-ring (bicyclic) bond motifs is 3. The Balaban J connectivity index is 1.32. The fourth-order valence-electron chi connectivity index (χ4n) is 7.43. The number of benzene rings is 1. The van der Waals surface area contributed by atoms with Crippen LogP contribution in [0.5, 0.6) is 11.6 Å². The molecule has 2 aromatic rings. The largest absolute Gasteiger partial charge is 0.488 e. The monoisotopic (exact) mass is 805 g/mol. The number of ether oxygens (including phenoxy) is 3. The molecule has 6 rings (SSSR count). The normalized spacial score (nSPS) is 27.1. The van der Waals surface area contributed by atoms with Gasteiger partial charge in [-0.2, -0.15) is 8.42 Å². The van der Waals surface area contributed by atoms with Gasteiger partial charge in [0.15, 0.2) is 0 Å². The van der Waals surface area contributed by atoms with Crippen LogP contribution in [0.2, 0.25) is 5.02 Å². The predicted molar refractivity (Wildman–Crippen MR) is 203 cm³/mol. The van der Waals surface area contributed by atoms with Crippen molar-refractivity contribution in [3.8, 4) is 11.6 Å². The van der Waals surface area contributed by atoms with Crippen molar-refractivity contribution in [2.75, 3.05) is 13.2 Å². The van der Waals surface area contributed by atoms with E-state index in [1.807, 2.05) is 6.92 Å². The molecule has 55 heavy (non-hydrogen) atoms. The molecule has 2 aliphatic carbocycles. The summed E-state index contributed by atoms with van der Waals surface area (Å²) in [6.07, 6.45) is 4.61. The highest BCUT2D eigenvalue weighted by Gasteiger charge is 2.62. The van der Waals surface area contributed by atoms with Crippen LogP contribution in [0, 0.1) is 5.92 Å². The maximum atomic E-state index is 14.5. The summed E-state index contributed by atoms with van der Waals surface area (Å²) in [5.74, 6) is -1.69. The molecule has 2 aliphatic heterocycles. The van der Waals surface area contributed by atoms with E-state index in [0.29, 0.717) is 60.4 Å². The molecule has 3 N–H and O–H groups in total. The molecule has 17 heteroatoms. The number of aromatic nitrogens is 1. The fourth-order valence-corrected chi connectivity index (χ4v) is 8.79. The zero-order chi connectivity index (χ0) is 39.8. The van der Waals surface area contributed by atoms with Gasteiger partial charge < -0.3 is 29.7 Å². The second-order valence-electron chi connectivity index (χ2n) is 16.3. The zero-order valence-corrected chi connectivity index (χ0v) is 33.6. The van der Waals surface area contributed by atoms with Crippen LogP contribution in [-0.4, -0.2) is 90.2 Å². The second kappa shape index (κ2) is 15.9. The topological polar surface area (TPSA) is 192 Å². The molecule has 302 valence electrons. The van der Waals surface area contributed by atoms with E-state index >= 15 is 0 Å². The summed E-state index contributed by atoms with van der Waals surface area (Å²) in [7, 11) is -4.46. The van der Waals surface area contributed by atoms with Gasteiger partial charge in [-0.05, 0) is 84.8 Å². The second-order valence-corrected chi connectivity index (χ2v) is 18.0. The van der Waals surface area contributed by atoms with Crippen LogP contribution < -0.4 is 24.8 Å². The Bertz CT molecular complexity index is 1920. The Labute approximate surface area is 327 Å². The predicted octanol–water partition coefficient (Wildman–Crippen LogP) is 5.08. The number of amides is 4. The third-order valence-corrected chi connectivity index (χ3v) is 11.9. The lowest BCUT2D eigenvalue weighted by Crippen LogP contribution is -2.58. The van der Waals surface area contributed by atoms with Gasteiger partial charge in [0, 0.05) is 17.9 Å². The molecule has 4 fully saturated rings. The lowest BCUT2D eigenvalue weighted by atomic mass is 10.0. The maximum Gasteiger partial charge on any atom is 0.408 e. The number of hydrogen-bond acceptors (Lipinski definition) is 11. The Hall–Kier alpha value is -3.89. The molecule has 5 atom stereocenters. The molecule has 1 aromatic heterocycles. The Morgan fingerprint density at radius 1 is 1.09 bits per heavy atom. The van der Waals surface area contributed by atoms with Gasteiger partial charge in [-0.25, -0.2) is 18.7 Å². The number of para-hydroxylation sites is 1. The molecule has 4 amide bonds. The number of hydrogen-bond donors (Lipinski definition) is 3. The average molecular weight is 806 g/mol. The molecule has 15 nitrogen and oxygen atoms in total. The van der Waals surface area contributed by atoms with E-state index in [1.165, 1.54) is 4.90 Å². The van der Waals surface area contributed by atoms with Crippen molar-refractivity contribution in [1.82, 2.24) is 25.2 Å². The number of rotatable bonds is 9. The SMILES string of the molecule is CCOc1cc(O[C@@H]2C[C@H]3C(=O)N[C@]4(C(=O)NS(=O)(=O)OC5(C)CC5)C[C@H]4CCCCCCC[C@H](NC(=O)OC(C)(C)C)C(=O)N3C2)c2cccc(Cl)c2n1. The number of nitrogens with one attached hydrogen (secondary N) is 3. The first-order valence-electron chi connectivity index (χ1n) is 19.2. The van der Waals surface area contributed by atoms with Gasteiger partial charge in [-0.1, -0.05) is 49.8 Å². The first-order chi connectivity index (χ1) is 25.9. The quantitative estimate of drug-likeness (QED) is 0.306. The van der Waals surface area contributed by atoms with E-state index < -0.39 is 69.0 Å². The number of carbonyl (C=O) groups excluding carboxylic acids is 4. The number of nitrogens with zero attached hydrogens (tertiary/aromatic N) is 2. The van der Waals surface area contributed by atoms with E-state index in [1.54, 1.807) is 52.0 Å². The summed E-state index contributed by atoms with van der Waals surface area (Å²) in [4.78, 5) is 61.7. The minimum atomic E-state index is -4.46. The smallest absolute Gasteiger partial charge is 0.408 e. The Kier molecular flexibility index (Phi) is 11.8. The van der Waals surface area contributed by atoms with Gasteiger partial charge in [0.25, 0.3) is 5.91 Å². The number of pyridine rings is 1. The van der Waals surface area contributed by atoms with Gasteiger partial charge in [0.2, 0.25) is 17.7 Å². The van der Waals surface area contributed by atoms with Gasteiger partial charge in [0.05, 0.1) is 29.3 Å². The van der Waals surface area contributed by atoms with Crippen molar-refractivity contribution in [3.63, 3.8) is 0 Å². The maximum absolute atomic E-state index is 14.5. The summed E-state index contributed by atoms with van der Waals surface area (Å²) >= 11 is 6.51. The van der Waals surface area contributed by atoms with Crippen LogP contribution in [0.15, 0.2) is 24.3 Å². The highest BCUT2D eigenvalue weighted by molar-refractivity contribution is 7.85. The van der Waals surface area contributed by atoms with Crippen LogP contribution >= 0.6 is 11.6 Å². The van der Waals surface area contributed by atoms with Crippen molar-refractivity contribution in [2.45, 2.75) is 140 Å². The lowest BCUT2D eigenvalue weighted by Gasteiger charge is -2.30. The molecule has 0 radical (unpaired) electrons. The molecule has 3 heterocycles. The molecular weight excluding hydrogens is 754 g/mol. The first-order valence-corrected chi connectivity index (χ1v) is 21.0. The molecule has 1 aromatic carbocycles. The van der Waals surface area contributed by atoms with Crippen LogP contribution in [0.3, 0.4) is 0 Å². The molecule has 4 aliphatic rings. The number of alkyl carbamates (subject to hydrolysis) is 1. The summed E-state index contributed by atoms with van der Waals surface area (Å²) in [5, 5.41) is 6.61. The van der Waals surface area contributed by atoms with Crippen molar-refractivity contribution >= 4 is 56.6 Å². The van der Waals surface area contributed by atoms with E-state index in [0.717, 1.165) is 25.7 Å². The Morgan fingerprint density at radius 3 is 2.49 bits per heavy atom. The van der Waals surface area contributed by atoms with E-state index in [9.17, 15) is 27.6 Å². The van der Waals surface area contributed by atoms with Crippen molar-refractivity contribution in [3.05, 3.63) is 29.3 Å². The van der Waals surface area contributed by atoms with Crippen LogP contribution in [-0.2, 0) is 33.6 Å². The van der Waals surface area contributed by atoms with Crippen molar-refractivity contribution < 1.29 is 46.0 Å². The number of halogens is 1. The van der Waals surface area contributed by atoms with E-state index in [4.69, 9.17) is 30.0 Å². The van der Waals surface area contributed by atoms with Crippen LogP contribution in [0.4, 0.5) is 4.79 Å². The minimum Gasteiger partial charge on any atom is -0.488 e. The molecule has 2 saturated carbocycles. The third kappa shape index (κ3) is 9.92. The number of carbonyl (C=O) groups is 4. The van der Waals surface area contributed by atoms with Crippen LogP contribution in [0.25, 0.3) is 10.9 Å². The van der Waals surface area contributed by atoms with Crippen molar-refractivity contribution in [2.24, 2.45) is 5.92 Å². The standard InChI is InChI=1S/C38H52ClN5O10S/c1-6-51-30-20-29(25-14-12-15-26(39)31(25)41-30)52-24-19-28-32(45)42-38(34(47)43-55(49,50)54-37(5)17-18-37)21-23(38)13-10-8-7-9-11-16-27(33(46)44(28)22-24)40-35(48)53-36(2,3)4/h12,14-15,20,23-24,27-28H,6-11,13,16-19,21-22H2,1-5H3,(H,40,48)(H,42,45)(H,43,47)/t23-,24-,27+,28+,38-/m1/s1. The van der Waals surface area contributed by atoms with Gasteiger partial charge >= 0.3 is 16.4 Å². The fraction of sp³-hybridized carbons (Fsp3) is 0.658. The summed E-state index contributed by atoms with van der Waals surface area (Å²) in [6.45, 7) is 8.94. The van der Waals surface area contributed by atoms with Crippen molar-refractivity contribution in [1.29, 1.82) is 0 Å². The van der Waals surface area contributed by atoms with Gasteiger partial charge in [-0.3, -0.25) is 14.4 Å². The summed E-state index contributed by atoms with van der Waals surface area (Å²) < 4.78 is 50.9. The molecular formula is C38H52ClN5O10S. The van der Waals surface area contributed by atoms with Gasteiger partial charge in [0.1, 0.15) is 35.1 Å². The third-order valence-electron chi connectivity index (χ3n) is 10.5. The highest BCUT2D eigenvalue weighted by atomic mass is 35.5. The Morgan fingerprint density at radius 2 is 1.80 bits per heavy atom. The molecule has 0 unspecified atom stereocenters. The molecule has 0 spiro atoms. The van der Waals surface area contributed by atoms with Gasteiger partial charge in [-0.15, -0.1) is 0 Å². The van der Waals surface area contributed by atoms with E-state index in [2.05, 4.69) is 20.3 Å². The first kappa shape index (κ1) is 40.8. The molecule has 0 bridgehead atoms. The molecule has 2 saturated heterocycles. The summed E-state index contributed by atoms with van der Waals surface area (Å²) in [5.41, 5.74) is -2.75. The van der Waals surface area contributed by atoms with Crippen LogP contribution in [0.1, 0.15) is 105 Å². The highest BCUT2D eigenvalue weighted by Crippen LogP contribution is 2.48. The minimum absolute atomic E-state index is 0.0210. The summed E-state index contributed by atoms with van der Waals surface area (Å²) in [6, 6.07) is 4.72. The zero-order valence-electron chi connectivity index (χ0n) is 32.1. The van der Waals surface area contributed by atoms with E-state index in [-0.39, 0.29) is 31.2 Å². The lowest BCUT2D eigenvalue weighted by molar-refractivity contribution is -0.141.